The summed E-state index contributed by atoms with van der Waals surface area (Å²) < 4.78 is 0.947. The van der Waals surface area contributed by atoms with Gasteiger partial charge in [-0.05, 0) is 31.5 Å². The molecule has 0 fully saturated rings. The first-order chi connectivity index (χ1) is 7.65. The zero-order chi connectivity index (χ0) is 11.5. The second-order valence-corrected chi connectivity index (χ2v) is 5.94. The molecule has 16 heavy (non-hydrogen) atoms. The number of hydrogen-bond acceptors (Lipinski definition) is 5. The van der Waals surface area contributed by atoms with Crippen LogP contribution in [-0.4, -0.2) is 15.3 Å². The molecule has 0 saturated carbocycles. The van der Waals surface area contributed by atoms with Gasteiger partial charge in [0.05, 0.1) is 6.10 Å². The third-order valence-electron chi connectivity index (χ3n) is 2.08. The second-order valence-electron chi connectivity index (χ2n) is 3.43. The Morgan fingerprint density at radius 1 is 1.25 bits per heavy atom. The maximum Gasteiger partial charge on any atom is 0.179 e. The monoisotopic (exact) mass is 252 g/mol. The summed E-state index contributed by atoms with van der Waals surface area (Å²) in [7, 11) is 0. The van der Waals surface area contributed by atoms with E-state index in [1.807, 2.05) is 31.2 Å². The molecule has 1 atom stereocenters. The van der Waals surface area contributed by atoms with Gasteiger partial charge in [-0.15, -0.1) is 10.2 Å². The summed E-state index contributed by atoms with van der Waals surface area (Å²) in [5.74, 6) is 0. The smallest absolute Gasteiger partial charge is 0.179 e. The molecule has 0 radical (unpaired) electrons. The predicted octanol–water partition coefficient (Wildman–Crippen LogP) is 3.05. The van der Waals surface area contributed by atoms with Crippen LogP contribution in [0.1, 0.15) is 23.6 Å². The van der Waals surface area contributed by atoms with Crippen molar-refractivity contribution in [2.24, 2.45) is 0 Å². The van der Waals surface area contributed by atoms with Crippen LogP contribution in [0.15, 0.2) is 33.5 Å². The molecule has 0 saturated heterocycles. The molecule has 1 aromatic carbocycles. The summed E-state index contributed by atoms with van der Waals surface area (Å²) in [5.41, 5.74) is 0.929. The van der Waals surface area contributed by atoms with Crippen LogP contribution in [0.2, 0.25) is 0 Å². The summed E-state index contributed by atoms with van der Waals surface area (Å²) in [6.45, 7) is 3.70. The van der Waals surface area contributed by atoms with Gasteiger partial charge in [-0.25, -0.2) is 0 Å². The van der Waals surface area contributed by atoms with Crippen molar-refractivity contribution in [2.45, 2.75) is 29.2 Å². The Morgan fingerprint density at radius 3 is 2.44 bits per heavy atom. The van der Waals surface area contributed by atoms with Gasteiger partial charge in [-0.3, -0.25) is 0 Å². The van der Waals surface area contributed by atoms with E-state index in [-0.39, 0.29) is 0 Å². The number of aryl methyl sites for hydroxylation is 1. The number of aliphatic hydroxyl groups is 1. The van der Waals surface area contributed by atoms with Gasteiger partial charge in [-0.1, -0.05) is 35.2 Å². The molecule has 0 bridgehead atoms. The van der Waals surface area contributed by atoms with Gasteiger partial charge in [0.1, 0.15) is 5.01 Å². The highest BCUT2D eigenvalue weighted by molar-refractivity contribution is 8.01. The molecule has 1 aromatic heterocycles. The van der Waals surface area contributed by atoms with Crippen LogP contribution in [0, 0.1) is 6.92 Å². The number of rotatable bonds is 3. The average molecular weight is 252 g/mol. The lowest BCUT2D eigenvalue weighted by atomic mass is 10.1. The van der Waals surface area contributed by atoms with Crippen LogP contribution >= 0.6 is 23.1 Å². The van der Waals surface area contributed by atoms with Crippen molar-refractivity contribution in [3.8, 4) is 0 Å². The van der Waals surface area contributed by atoms with Gasteiger partial charge >= 0.3 is 0 Å². The van der Waals surface area contributed by atoms with Crippen molar-refractivity contribution in [3.05, 3.63) is 34.8 Å². The minimum absolute atomic E-state index is 0.414. The number of nitrogens with zero attached hydrogens (tertiary/aromatic N) is 2. The Hall–Kier alpha value is -0.910. The summed E-state index contributed by atoms with van der Waals surface area (Å²) >= 11 is 3.18. The molecule has 0 aliphatic carbocycles. The van der Waals surface area contributed by atoms with E-state index in [4.69, 9.17) is 0 Å². The maximum absolute atomic E-state index is 9.38. The highest BCUT2D eigenvalue weighted by Crippen LogP contribution is 2.30. The molecule has 3 nitrogen and oxygen atoms in total. The number of benzene rings is 1. The Balaban J connectivity index is 2.11. The van der Waals surface area contributed by atoms with E-state index >= 15 is 0 Å². The topological polar surface area (TPSA) is 46.0 Å². The van der Waals surface area contributed by atoms with Crippen LogP contribution in [0.25, 0.3) is 0 Å². The first kappa shape index (κ1) is 11.6. The van der Waals surface area contributed by atoms with E-state index in [1.54, 1.807) is 30.0 Å². The molecule has 5 heteroatoms. The summed E-state index contributed by atoms with van der Waals surface area (Å²) in [6, 6.07) is 7.84. The van der Waals surface area contributed by atoms with Crippen LogP contribution in [0.4, 0.5) is 0 Å². The number of hydrogen-bond donors (Lipinski definition) is 1. The normalized spacial score (nSPS) is 12.7. The third-order valence-corrected chi connectivity index (χ3v) is 3.97. The van der Waals surface area contributed by atoms with Crippen LogP contribution < -0.4 is 0 Å². The standard InChI is InChI=1S/C11H12N2OS2/c1-7(14)9-3-5-10(6-4-9)16-11-13-12-8(2)15-11/h3-7,14H,1-2H3. The number of aromatic nitrogens is 2. The molecule has 1 heterocycles. The van der Waals surface area contributed by atoms with Crippen LogP contribution in [-0.2, 0) is 0 Å². The molecule has 0 amide bonds. The van der Waals surface area contributed by atoms with Crippen molar-refractivity contribution in [1.82, 2.24) is 10.2 Å². The van der Waals surface area contributed by atoms with E-state index in [9.17, 15) is 5.11 Å². The van der Waals surface area contributed by atoms with E-state index in [0.29, 0.717) is 0 Å². The Bertz CT molecular complexity index is 465. The van der Waals surface area contributed by atoms with Crippen LogP contribution in [0.5, 0.6) is 0 Å². The summed E-state index contributed by atoms with van der Waals surface area (Å²) in [4.78, 5) is 1.11. The van der Waals surface area contributed by atoms with Crippen LogP contribution in [0.3, 0.4) is 0 Å². The molecule has 0 aliphatic rings. The lowest BCUT2D eigenvalue weighted by molar-refractivity contribution is 0.199. The van der Waals surface area contributed by atoms with E-state index in [2.05, 4.69) is 10.2 Å². The fourth-order valence-corrected chi connectivity index (χ4v) is 3.02. The molecule has 2 aromatic rings. The van der Waals surface area contributed by atoms with Crippen molar-refractivity contribution >= 4 is 23.1 Å². The second kappa shape index (κ2) is 4.95. The molecule has 0 aliphatic heterocycles. The van der Waals surface area contributed by atoms with Gasteiger partial charge in [0.2, 0.25) is 0 Å². The van der Waals surface area contributed by atoms with Crippen molar-refractivity contribution in [2.75, 3.05) is 0 Å². The molecule has 1 unspecified atom stereocenters. The van der Waals surface area contributed by atoms with E-state index in [1.165, 1.54) is 0 Å². The fraction of sp³-hybridized carbons (Fsp3) is 0.273. The molecular formula is C11H12N2OS2. The quantitative estimate of drug-likeness (QED) is 0.912. The fourth-order valence-electron chi connectivity index (χ4n) is 1.23. The summed E-state index contributed by atoms with van der Waals surface area (Å²) in [6.07, 6.45) is -0.414. The van der Waals surface area contributed by atoms with Gasteiger partial charge in [0, 0.05) is 4.90 Å². The van der Waals surface area contributed by atoms with Gasteiger partial charge in [0.25, 0.3) is 0 Å². The maximum atomic E-state index is 9.38. The lowest BCUT2D eigenvalue weighted by Crippen LogP contribution is -1.89. The largest absolute Gasteiger partial charge is 0.389 e. The zero-order valence-corrected chi connectivity index (χ0v) is 10.7. The van der Waals surface area contributed by atoms with Crippen molar-refractivity contribution < 1.29 is 5.11 Å². The average Bonchev–Trinajstić information content (AvgIpc) is 2.65. The SMILES string of the molecule is Cc1nnc(Sc2ccc(C(C)O)cc2)s1. The zero-order valence-electron chi connectivity index (χ0n) is 9.04. The Kier molecular flexibility index (Phi) is 3.58. The predicted molar refractivity (Wildman–Crippen MR) is 65.8 cm³/mol. The molecule has 1 N–H and O–H groups in total. The lowest BCUT2D eigenvalue weighted by Gasteiger charge is -2.04. The van der Waals surface area contributed by atoms with Gasteiger partial charge in [-0.2, -0.15) is 0 Å². The minimum Gasteiger partial charge on any atom is -0.389 e. The highest BCUT2D eigenvalue weighted by atomic mass is 32.2. The van der Waals surface area contributed by atoms with Gasteiger partial charge < -0.3 is 5.11 Å². The third kappa shape index (κ3) is 2.81. The number of aliphatic hydroxyl groups excluding tert-OH is 1. The first-order valence-corrected chi connectivity index (χ1v) is 6.54. The van der Waals surface area contributed by atoms with Gasteiger partial charge in [0.15, 0.2) is 4.34 Å². The molecule has 0 spiro atoms. The van der Waals surface area contributed by atoms with E-state index < -0.39 is 6.10 Å². The van der Waals surface area contributed by atoms with E-state index in [0.717, 1.165) is 19.8 Å². The molecule has 84 valence electrons. The molecule has 2 rings (SSSR count). The minimum atomic E-state index is -0.414. The Labute approximate surface area is 103 Å². The van der Waals surface area contributed by atoms with Crippen molar-refractivity contribution in [3.63, 3.8) is 0 Å². The Morgan fingerprint density at radius 2 is 1.94 bits per heavy atom. The highest BCUT2D eigenvalue weighted by Gasteiger charge is 2.04. The summed E-state index contributed by atoms with van der Waals surface area (Å²) in [5, 5.41) is 18.4. The van der Waals surface area contributed by atoms with Crippen molar-refractivity contribution in [1.29, 1.82) is 0 Å². The first-order valence-electron chi connectivity index (χ1n) is 4.91. The molecular weight excluding hydrogens is 240 g/mol.